The van der Waals surface area contributed by atoms with Gasteiger partial charge >= 0.3 is 11.9 Å². The first-order chi connectivity index (χ1) is 6.36. The van der Waals surface area contributed by atoms with E-state index in [2.05, 4.69) is 0 Å². The average molecular weight is 208 g/mol. The molecule has 1 N–H and O–H groups in total. The zero-order valence-electron chi connectivity index (χ0n) is 7.18. The predicted octanol–water partition coefficient (Wildman–Crippen LogP) is 0.575. The Bertz CT molecular complexity index is 443. The van der Waals surface area contributed by atoms with Crippen molar-refractivity contribution in [1.29, 1.82) is 0 Å². The fraction of sp³-hybridized carbons (Fsp3) is 0.429. The summed E-state index contributed by atoms with van der Waals surface area (Å²) in [6.07, 6.45) is -4.69. The molecule has 0 aliphatic carbocycles. The molecule has 0 atom stereocenters. The van der Waals surface area contributed by atoms with Crippen LogP contribution in [0.25, 0.3) is 0 Å². The quantitative estimate of drug-likeness (QED) is 0.733. The molecule has 0 saturated heterocycles. The molecule has 4 nitrogen and oxygen atoms in total. The molecule has 1 aromatic rings. The molecule has 0 fully saturated rings. The molecule has 1 heterocycles. The fourth-order valence-corrected chi connectivity index (χ4v) is 1.07. The number of nitrogens with zero attached hydrogens (tertiary/aromatic N) is 1. The maximum atomic E-state index is 12.3. The van der Waals surface area contributed by atoms with Crippen molar-refractivity contribution in [2.45, 2.75) is 19.6 Å². The average Bonchev–Trinajstić information content (AvgIpc) is 2.01. The summed E-state index contributed by atoms with van der Waals surface area (Å²) >= 11 is 0. The van der Waals surface area contributed by atoms with E-state index in [1.807, 2.05) is 0 Å². The highest BCUT2D eigenvalue weighted by molar-refractivity contribution is 5.05. The zero-order valence-corrected chi connectivity index (χ0v) is 7.18. The Labute approximate surface area is 76.0 Å². The van der Waals surface area contributed by atoms with Gasteiger partial charge in [0.1, 0.15) is 5.69 Å². The highest BCUT2D eigenvalue weighted by Gasteiger charge is 2.34. The first kappa shape index (κ1) is 10.6. The van der Waals surface area contributed by atoms with Gasteiger partial charge in [-0.2, -0.15) is 13.2 Å². The zero-order chi connectivity index (χ0) is 10.9. The number of hydrogen-bond donors (Lipinski definition) is 1. The Morgan fingerprint density at radius 3 is 2.43 bits per heavy atom. The first-order valence-corrected chi connectivity index (χ1v) is 3.77. The van der Waals surface area contributed by atoms with Crippen molar-refractivity contribution in [3.8, 4) is 0 Å². The van der Waals surface area contributed by atoms with Crippen molar-refractivity contribution in [3.05, 3.63) is 32.6 Å². The van der Waals surface area contributed by atoms with Gasteiger partial charge in [0.2, 0.25) is 0 Å². The maximum absolute atomic E-state index is 12.3. The Hall–Kier alpha value is -1.53. The van der Waals surface area contributed by atoms with E-state index in [9.17, 15) is 22.8 Å². The molecule has 14 heavy (non-hydrogen) atoms. The molecule has 1 aromatic heterocycles. The molecule has 0 spiro atoms. The van der Waals surface area contributed by atoms with E-state index < -0.39 is 23.1 Å². The lowest BCUT2D eigenvalue weighted by Gasteiger charge is -2.11. The molecule has 0 aromatic carbocycles. The van der Waals surface area contributed by atoms with Crippen LogP contribution in [0.15, 0.2) is 15.7 Å². The second kappa shape index (κ2) is 3.32. The molecule has 0 bridgehead atoms. The van der Waals surface area contributed by atoms with Gasteiger partial charge in [-0.05, 0) is 6.92 Å². The van der Waals surface area contributed by atoms with E-state index in [1.54, 1.807) is 4.98 Å². The molecule has 0 aliphatic rings. The normalized spacial score (nSPS) is 11.7. The standard InChI is InChI=1S/C7H7F3N2O2/c1-2-12-4(7(8,9)10)3-5(13)11-6(12)14/h3H,2H2,1H3,(H,11,13,14). The van der Waals surface area contributed by atoms with Gasteiger partial charge in [0, 0.05) is 12.6 Å². The minimum absolute atomic E-state index is 0.148. The largest absolute Gasteiger partial charge is 0.431 e. The summed E-state index contributed by atoms with van der Waals surface area (Å²) in [5.74, 6) is 0. The number of aromatic amines is 1. The second-order valence-electron chi connectivity index (χ2n) is 2.57. The summed E-state index contributed by atoms with van der Waals surface area (Å²) in [4.78, 5) is 23.4. The molecule has 0 saturated carbocycles. The van der Waals surface area contributed by atoms with Gasteiger partial charge in [0.25, 0.3) is 5.56 Å². The van der Waals surface area contributed by atoms with E-state index in [0.29, 0.717) is 10.6 Å². The van der Waals surface area contributed by atoms with Crippen molar-refractivity contribution in [3.63, 3.8) is 0 Å². The highest BCUT2D eigenvalue weighted by Crippen LogP contribution is 2.27. The number of hydrogen-bond acceptors (Lipinski definition) is 2. The van der Waals surface area contributed by atoms with Crippen LogP contribution in [0.4, 0.5) is 13.2 Å². The van der Waals surface area contributed by atoms with Crippen LogP contribution in [0, 0.1) is 0 Å². The van der Waals surface area contributed by atoms with E-state index >= 15 is 0 Å². The minimum atomic E-state index is -4.69. The lowest BCUT2D eigenvalue weighted by molar-refractivity contribution is -0.144. The fourth-order valence-electron chi connectivity index (χ4n) is 1.07. The van der Waals surface area contributed by atoms with Gasteiger partial charge < -0.3 is 0 Å². The van der Waals surface area contributed by atoms with Crippen LogP contribution in [-0.2, 0) is 12.7 Å². The molecule has 0 unspecified atom stereocenters. The van der Waals surface area contributed by atoms with Crippen LogP contribution in [-0.4, -0.2) is 9.55 Å². The number of alkyl halides is 3. The van der Waals surface area contributed by atoms with E-state index in [4.69, 9.17) is 0 Å². The summed E-state index contributed by atoms with van der Waals surface area (Å²) in [5.41, 5.74) is -3.33. The van der Waals surface area contributed by atoms with Crippen molar-refractivity contribution >= 4 is 0 Å². The van der Waals surface area contributed by atoms with Gasteiger partial charge in [-0.1, -0.05) is 0 Å². The summed E-state index contributed by atoms with van der Waals surface area (Å²) in [6.45, 7) is 1.24. The molecule has 0 radical (unpaired) electrons. The molecule has 0 aliphatic heterocycles. The lowest BCUT2D eigenvalue weighted by Crippen LogP contribution is -2.34. The topological polar surface area (TPSA) is 54.9 Å². The molecule has 78 valence electrons. The summed E-state index contributed by atoms with van der Waals surface area (Å²) in [7, 11) is 0. The van der Waals surface area contributed by atoms with Crippen LogP contribution in [0.1, 0.15) is 12.6 Å². The SMILES string of the molecule is CCn1c(C(F)(F)F)cc(=O)[nH]c1=O. The monoisotopic (exact) mass is 208 g/mol. The van der Waals surface area contributed by atoms with Gasteiger partial charge in [-0.25, -0.2) is 4.79 Å². The number of H-pyrrole nitrogens is 1. The highest BCUT2D eigenvalue weighted by atomic mass is 19.4. The van der Waals surface area contributed by atoms with E-state index in [0.717, 1.165) is 0 Å². The number of aromatic nitrogens is 2. The maximum Gasteiger partial charge on any atom is 0.431 e. The van der Waals surface area contributed by atoms with Crippen molar-refractivity contribution in [1.82, 2.24) is 9.55 Å². The van der Waals surface area contributed by atoms with Gasteiger partial charge in [0.15, 0.2) is 0 Å². The van der Waals surface area contributed by atoms with Crippen LogP contribution < -0.4 is 11.2 Å². The molecule has 1 rings (SSSR count). The Morgan fingerprint density at radius 2 is 2.00 bits per heavy atom. The van der Waals surface area contributed by atoms with Gasteiger partial charge in [-0.3, -0.25) is 14.3 Å². The lowest BCUT2D eigenvalue weighted by atomic mass is 10.4. The second-order valence-corrected chi connectivity index (χ2v) is 2.57. The summed E-state index contributed by atoms with van der Waals surface area (Å²) in [5, 5.41) is 0. The number of halogens is 3. The van der Waals surface area contributed by atoms with Crippen LogP contribution in [0.3, 0.4) is 0 Å². The van der Waals surface area contributed by atoms with Gasteiger partial charge in [-0.15, -0.1) is 0 Å². The van der Waals surface area contributed by atoms with E-state index in [1.165, 1.54) is 6.92 Å². The van der Waals surface area contributed by atoms with Crippen LogP contribution >= 0.6 is 0 Å². The third-order valence-corrected chi connectivity index (χ3v) is 1.64. The summed E-state index contributed by atoms with van der Waals surface area (Å²) < 4.78 is 37.3. The predicted molar refractivity (Wildman–Crippen MR) is 42.0 cm³/mol. The Kier molecular flexibility index (Phi) is 2.50. The minimum Gasteiger partial charge on any atom is -0.290 e. The van der Waals surface area contributed by atoms with Crippen molar-refractivity contribution in [2.75, 3.05) is 0 Å². The number of nitrogens with one attached hydrogen (secondary N) is 1. The molecule has 7 heteroatoms. The molecular formula is C7H7F3N2O2. The molecule has 0 amide bonds. The van der Waals surface area contributed by atoms with Gasteiger partial charge in [0.05, 0.1) is 0 Å². The number of rotatable bonds is 1. The smallest absolute Gasteiger partial charge is 0.290 e. The van der Waals surface area contributed by atoms with Crippen LogP contribution in [0.5, 0.6) is 0 Å². The van der Waals surface area contributed by atoms with Crippen molar-refractivity contribution < 1.29 is 13.2 Å². The Morgan fingerprint density at radius 1 is 1.43 bits per heavy atom. The third-order valence-electron chi connectivity index (χ3n) is 1.64. The third kappa shape index (κ3) is 1.86. The van der Waals surface area contributed by atoms with Crippen LogP contribution in [0.2, 0.25) is 0 Å². The van der Waals surface area contributed by atoms with E-state index in [-0.39, 0.29) is 6.54 Å². The molecular weight excluding hydrogens is 201 g/mol. The summed E-state index contributed by atoms with van der Waals surface area (Å²) in [6, 6.07) is 0.366. The first-order valence-electron chi connectivity index (χ1n) is 3.77. The Balaban J connectivity index is 3.57. The van der Waals surface area contributed by atoms with Crippen molar-refractivity contribution in [2.24, 2.45) is 0 Å².